The molecule has 0 saturated carbocycles. The van der Waals surface area contributed by atoms with Crippen LogP contribution >= 0.6 is 11.8 Å². The molecular formula is C26H24FN3O3S. The average Bonchev–Trinajstić information content (AvgIpc) is 3.31. The van der Waals surface area contributed by atoms with Gasteiger partial charge in [-0.15, -0.1) is 10.2 Å². The first kappa shape index (κ1) is 23.5. The van der Waals surface area contributed by atoms with E-state index in [0.29, 0.717) is 0 Å². The van der Waals surface area contributed by atoms with Gasteiger partial charge in [-0.1, -0.05) is 54.6 Å². The Morgan fingerprint density at radius 2 is 1.76 bits per heavy atom. The van der Waals surface area contributed by atoms with Crippen LogP contribution in [-0.2, 0) is 4.79 Å². The second-order valence-electron chi connectivity index (χ2n) is 7.81. The van der Waals surface area contributed by atoms with Crippen molar-refractivity contribution in [3.05, 3.63) is 101 Å². The lowest BCUT2D eigenvalue weighted by Crippen LogP contribution is -2.19. The van der Waals surface area contributed by atoms with Gasteiger partial charge in [0.2, 0.25) is 5.91 Å². The minimum absolute atomic E-state index is 0.0949. The number of halogens is 1. The van der Waals surface area contributed by atoms with Crippen molar-refractivity contribution < 1.29 is 18.3 Å². The van der Waals surface area contributed by atoms with E-state index >= 15 is 0 Å². The molecule has 0 aliphatic heterocycles. The van der Waals surface area contributed by atoms with Crippen LogP contribution in [-0.4, -0.2) is 16.1 Å². The average molecular weight is 478 g/mol. The molecule has 1 heterocycles. The summed E-state index contributed by atoms with van der Waals surface area (Å²) >= 11 is 1.14. The first-order valence-corrected chi connectivity index (χ1v) is 11.6. The number of hydrogen-bond donors (Lipinski definition) is 1. The Hall–Kier alpha value is -3.65. The Bertz CT molecular complexity index is 1280. The van der Waals surface area contributed by atoms with Crippen molar-refractivity contribution in [2.75, 3.05) is 5.32 Å². The zero-order chi connectivity index (χ0) is 24.1. The summed E-state index contributed by atoms with van der Waals surface area (Å²) in [7, 11) is 0. The first-order valence-electron chi connectivity index (χ1n) is 10.7. The minimum atomic E-state index is -0.669. The molecule has 1 N–H and O–H groups in total. The van der Waals surface area contributed by atoms with Gasteiger partial charge in [-0.3, -0.25) is 4.79 Å². The van der Waals surface area contributed by atoms with Gasteiger partial charge in [-0.05, 0) is 67.4 Å². The Morgan fingerprint density at radius 3 is 2.53 bits per heavy atom. The summed E-state index contributed by atoms with van der Waals surface area (Å²) < 4.78 is 25.3. The van der Waals surface area contributed by atoms with Gasteiger partial charge in [0.25, 0.3) is 11.1 Å². The molecule has 0 aliphatic carbocycles. The van der Waals surface area contributed by atoms with Crippen LogP contribution in [0.15, 0.2) is 82.4 Å². The van der Waals surface area contributed by atoms with Crippen molar-refractivity contribution in [1.82, 2.24) is 10.2 Å². The maximum Gasteiger partial charge on any atom is 0.277 e. The maximum atomic E-state index is 13.9. The molecule has 0 fully saturated rings. The van der Waals surface area contributed by atoms with E-state index in [1.54, 1.807) is 19.1 Å². The van der Waals surface area contributed by atoms with Crippen molar-refractivity contribution in [3.8, 4) is 5.75 Å². The zero-order valence-electron chi connectivity index (χ0n) is 19.0. The smallest absolute Gasteiger partial charge is 0.277 e. The Kier molecular flexibility index (Phi) is 7.27. The fourth-order valence-corrected chi connectivity index (χ4v) is 4.17. The van der Waals surface area contributed by atoms with E-state index in [1.165, 1.54) is 12.1 Å². The lowest BCUT2D eigenvalue weighted by atomic mass is 10.1. The number of nitrogens with zero attached hydrogens (tertiary/aromatic N) is 2. The summed E-state index contributed by atoms with van der Waals surface area (Å²) in [4.78, 5) is 13.3. The van der Waals surface area contributed by atoms with E-state index in [-0.39, 0.29) is 22.8 Å². The van der Waals surface area contributed by atoms with Crippen molar-refractivity contribution in [3.63, 3.8) is 0 Å². The highest BCUT2D eigenvalue weighted by Crippen LogP contribution is 2.37. The number of nitrogens with one attached hydrogen (secondary N) is 1. The standard InChI is InChI=1S/C26H24FN3O3S/c1-16-13-14-17(2)21(15-16)28-24(31)23(19-9-5-4-6-10-19)34-26-30-29-25(33-26)18(3)32-22-12-8-7-11-20(22)27/h4-15,18,23H,1-3H3,(H,28,31)/t18-,23-/m0/s1. The highest BCUT2D eigenvalue weighted by atomic mass is 32.2. The molecule has 6 nitrogen and oxygen atoms in total. The van der Waals surface area contributed by atoms with Gasteiger partial charge in [0.15, 0.2) is 17.7 Å². The van der Waals surface area contributed by atoms with Crippen LogP contribution in [0.1, 0.15) is 40.9 Å². The van der Waals surface area contributed by atoms with Crippen LogP contribution in [0, 0.1) is 19.7 Å². The third kappa shape index (κ3) is 5.63. The fourth-order valence-electron chi connectivity index (χ4n) is 3.28. The molecule has 174 valence electrons. The molecule has 0 radical (unpaired) electrons. The van der Waals surface area contributed by atoms with Crippen LogP contribution < -0.4 is 10.1 Å². The zero-order valence-corrected chi connectivity index (χ0v) is 19.8. The first-order chi connectivity index (χ1) is 16.4. The van der Waals surface area contributed by atoms with E-state index in [9.17, 15) is 9.18 Å². The van der Waals surface area contributed by atoms with Crippen LogP contribution in [0.2, 0.25) is 0 Å². The molecule has 0 bridgehead atoms. The number of para-hydroxylation sites is 1. The van der Waals surface area contributed by atoms with Gasteiger partial charge in [-0.25, -0.2) is 4.39 Å². The van der Waals surface area contributed by atoms with Gasteiger partial charge in [0.1, 0.15) is 5.25 Å². The number of anilines is 1. The summed E-state index contributed by atoms with van der Waals surface area (Å²) in [6.45, 7) is 5.61. The van der Waals surface area contributed by atoms with Gasteiger partial charge in [0.05, 0.1) is 0 Å². The largest absolute Gasteiger partial charge is 0.478 e. The number of carbonyl (C=O) groups is 1. The number of rotatable bonds is 8. The molecule has 0 unspecified atom stereocenters. The molecule has 0 spiro atoms. The van der Waals surface area contributed by atoms with Crippen LogP contribution in [0.5, 0.6) is 5.75 Å². The van der Waals surface area contributed by atoms with E-state index in [2.05, 4.69) is 15.5 Å². The topological polar surface area (TPSA) is 77.2 Å². The number of aryl methyl sites for hydroxylation is 2. The molecule has 0 aliphatic rings. The lowest BCUT2D eigenvalue weighted by molar-refractivity contribution is -0.115. The number of amides is 1. The van der Waals surface area contributed by atoms with Gasteiger partial charge < -0.3 is 14.5 Å². The van der Waals surface area contributed by atoms with Crippen molar-refractivity contribution >= 4 is 23.4 Å². The third-order valence-electron chi connectivity index (χ3n) is 5.12. The third-order valence-corrected chi connectivity index (χ3v) is 6.21. The molecule has 4 aromatic rings. The van der Waals surface area contributed by atoms with Crippen molar-refractivity contribution in [2.24, 2.45) is 0 Å². The predicted octanol–water partition coefficient (Wildman–Crippen LogP) is 6.44. The predicted molar refractivity (Wildman–Crippen MR) is 129 cm³/mol. The number of hydrogen-bond acceptors (Lipinski definition) is 6. The molecular weight excluding hydrogens is 453 g/mol. The molecule has 1 aromatic heterocycles. The maximum absolute atomic E-state index is 13.9. The van der Waals surface area contributed by atoms with E-state index in [4.69, 9.17) is 9.15 Å². The number of carbonyl (C=O) groups excluding carboxylic acids is 1. The Labute approximate surface area is 201 Å². The molecule has 4 rings (SSSR count). The highest BCUT2D eigenvalue weighted by molar-refractivity contribution is 8.00. The SMILES string of the molecule is Cc1ccc(C)c(NC(=O)[C@@H](Sc2nnc([C@H](C)Oc3ccccc3F)o2)c2ccccc2)c1. The highest BCUT2D eigenvalue weighted by Gasteiger charge is 2.26. The summed E-state index contributed by atoms with van der Waals surface area (Å²) in [5.41, 5.74) is 3.57. The molecule has 2 atom stereocenters. The number of aromatic nitrogens is 2. The fraction of sp³-hybridized carbons (Fsp3) is 0.192. The van der Waals surface area contributed by atoms with Gasteiger partial charge in [-0.2, -0.15) is 0 Å². The Morgan fingerprint density at radius 1 is 1.03 bits per heavy atom. The van der Waals surface area contributed by atoms with Gasteiger partial charge in [0, 0.05) is 5.69 Å². The van der Waals surface area contributed by atoms with Gasteiger partial charge >= 0.3 is 0 Å². The molecule has 34 heavy (non-hydrogen) atoms. The number of benzene rings is 3. The minimum Gasteiger partial charge on any atom is -0.478 e. The molecule has 1 amide bonds. The summed E-state index contributed by atoms with van der Waals surface area (Å²) in [6.07, 6.45) is -0.669. The van der Waals surface area contributed by atoms with Crippen LogP contribution in [0.25, 0.3) is 0 Å². The molecule has 8 heteroatoms. The van der Waals surface area contributed by atoms with Crippen molar-refractivity contribution in [1.29, 1.82) is 0 Å². The van der Waals surface area contributed by atoms with E-state index in [0.717, 1.165) is 34.1 Å². The number of thioether (sulfide) groups is 1. The molecule has 3 aromatic carbocycles. The lowest BCUT2D eigenvalue weighted by Gasteiger charge is -2.16. The van der Waals surface area contributed by atoms with E-state index < -0.39 is 17.2 Å². The van der Waals surface area contributed by atoms with Crippen LogP contribution in [0.3, 0.4) is 0 Å². The number of ether oxygens (including phenoxy) is 1. The second kappa shape index (κ2) is 10.5. The molecule has 0 saturated heterocycles. The summed E-state index contributed by atoms with van der Waals surface area (Å²) in [6, 6.07) is 21.4. The summed E-state index contributed by atoms with van der Waals surface area (Å²) in [5.74, 6) is -0.402. The quantitative estimate of drug-likeness (QED) is 0.294. The van der Waals surface area contributed by atoms with E-state index in [1.807, 2.05) is 62.4 Å². The Balaban J connectivity index is 1.53. The second-order valence-corrected chi connectivity index (χ2v) is 8.87. The monoisotopic (exact) mass is 477 g/mol. The normalized spacial score (nSPS) is 12.7. The van der Waals surface area contributed by atoms with Crippen LogP contribution in [0.4, 0.5) is 10.1 Å². The summed E-state index contributed by atoms with van der Waals surface area (Å²) in [5, 5.41) is 10.7. The van der Waals surface area contributed by atoms with Crippen molar-refractivity contribution in [2.45, 2.75) is 37.3 Å².